The Morgan fingerprint density at radius 3 is 2.86 bits per heavy atom. The third-order valence-corrected chi connectivity index (χ3v) is 3.58. The molecule has 0 unspecified atom stereocenters. The summed E-state index contributed by atoms with van der Waals surface area (Å²) in [5, 5.41) is 1.04. The number of nitrogens with two attached hydrogens (primary N) is 1. The molecule has 0 aliphatic rings. The van der Waals surface area contributed by atoms with Crippen LogP contribution in [-0.2, 0) is 0 Å². The first-order valence-corrected chi connectivity index (χ1v) is 6.46. The van der Waals surface area contributed by atoms with Gasteiger partial charge in [0.15, 0.2) is 12.1 Å². The molecule has 2 N–H and O–H groups in total. The van der Waals surface area contributed by atoms with Crippen molar-refractivity contribution in [2.24, 2.45) is 0 Å². The molecular weight excluding hydrogens is 266 g/mol. The van der Waals surface area contributed by atoms with Crippen molar-refractivity contribution in [3.63, 3.8) is 0 Å². The summed E-state index contributed by atoms with van der Waals surface area (Å²) < 4.78 is 7.05. The number of carbonyl (C=O) groups is 1. The van der Waals surface area contributed by atoms with E-state index in [0.29, 0.717) is 11.3 Å². The van der Waals surface area contributed by atoms with Crippen LogP contribution in [-0.4, -0.2) is 15.7 Å². The highest BCUT2D eigenvalue weighted by molar-refractivity contribution is 5.85. The topological polar surface area (TPSA) is 73.5 Å². The van der Waals surface area contributed by atoms with E-state index >= 15 is 0 Å². The number of fused-ring (bicyclic) bond motifs is 2. The number of aldehydes is 1. The van der Waals surface area contributed by atoms with Gasteiger partial charge in [-0.15, -0.1) is 0 Å². The third-order valence-electron chi connectivity index (χ3n) is 3.58. The fourth-order valence-electron chi connectivity index (χ4n) is 2.52. The maximum Gasteiger partial charge on any atom is 0.170 e. The lowest BCUT2D eigenvalue weighted by atomic mass is 10.1. The molecule has 0 aliphatic carbocycles. The molecule has 0 saturated carbocycles. The first-order chi connectivity index (χ1) is 10.3. The van der Waals surface area contributed by atoms with Crippen molar-refractivity contribution in [2.75, 3.05) is 5.73 Å². The van der Waals surface area contributed by atoms with E-state index in [9.17, 15) is 4.79 Å². The normalized spacial score (nSPS) is 11.2. The Kier molecular flexibility index (Phi) is 2.35. The van der Waals surface area contributed by atoms with E-state index in [1.807, 2.05) is 42.6 Å². The number of rotatable bonds is 2. The molecule has 0 bridgehead atoms. The Hall–Kier alpha value is -3.08. The smallest absolute Gasteiger partial charge is 0.170 e. The molecule has 0 spiro atoms. The van der Waals surface area contributed by atoms with Crippen LogP contribution in [0.3, 0.4) is 0 Å². The highest BCUT2D eigenvalue weighted by Gasteiger charge is 2.10. The van der Waals surface area contributed by atoms with Crippen LogP contribution in [0.5, 0.6) is 0 Å². The third kappa shape index (κ3) is 1.71. The minimum Gasteiger partial charge on any atom is -0.464 e. The minimum atomic E-state index is 0.243. The van der Waals surface area contributed by atoms with Crippen molar-refractivity contribution in [3.05, 3.63) is 54.6 Å². The van der Waals surface area contributed by atoms with Crippen LogP contribution in [0.1, 0.15) is 10.5 Å². The van der Waals surface area contributed by atoms with Crippen molar-refractivity contribution >= 4 is 28.7 Å². The number of imidazole rings is 1. The van der Waals surface area contributed by atoms with E-state index in [0.717, 1.165) is 28.4 Å². The summed E-state index contributed by atoms with van der Waals surface area (Å²) in [6, 6.07) is 11.7. The van der Waals surface area contributed by atoms with Crippen LogP contribution in [0.4, 0.5) is 5.82 Å². The first kappa shape index (κ1) is 11.7. The molecule has 0 amide bonds. The molecule has 0 aliphatic heterocycles. The number of hydrogen-bond donors (Lipinski definition) is 1. The molecule has 4 aromatic rings. The highest BCUT2D eigenvalue weighted by Crippen LogP contribution is 2.26. The molecule has 4 rings (SSSR count). The number of hydrogen-bond acceptors (Lipinski definition) is 4. The van der Waals surface area contributed by atoms with Crippen LogP contribution in [0, 0.1) is 0 Å². The largest absolute Gasteiger partial charge is 0.464 e. The lowest BCUT2D eigenvalue weighted by molar-refractivity contribution is 0.111. The number of carbonyl (C=O) groups excluding carboxylic acids is 1. The molecule has 3 aromatic heterocycles. The van der Waals surface area contributed by atoms with E-state index in [2.05, 4.69) is 4.98 Å². The number of furan rings is 1. The predicted octanol–water partition coefficient (Wildman–Crippen LogP) is 3.14. The van der Waals surface area contributed by atoms with Crippen molar-refractivity contribution in [2.45, 2.75) is 0 Å². The molecule has 5 heteroatoms. The van der Waals surface area contributed by atoms with E-state index in [-0.39, 0.29) is 5.82 Å². The van der Waals surface area contributed by atoms with Gasteiger partial charge >= 0.3 is 0 Å². The van der Waals surface area contributed by atoms with Crippen LogP contribution in [0.25, 0.3) is 27.7 Å². The molecule has 3 heterocycles. The SMILES string of the molecule is Nc1nc2ccc(-c3ccc4occc4c3)cn2c1C=O. The van der Waals surface area contributed by atoms with Gasteiger partial charge in [0.05, 0.1) is 6.26 Å². The average molecular weight is 277 g/mol. The van der Waals surface area contributed by atoms with Crippen LogP contribution >= 0.6 is 0 Å². The van der Waals surface area contributed by atoms with Gasteiger partial charge in [-0.2, -0.15) is 0 Å². The van der Waals surface area contributed by atoms with E-state index < -0.39 is 0 Å². The number of anilines is 1. The molecule has 0 atom stereocenters. The number of nitrogen functional groups attached to an aromatic ring is 1. The molecule has 0 saturated heterocycles. The van der Waals surface area contributed by atoms with Gasteiger partial charge in [-0.1, -0.05) is 6.07 Å². The molecule has 0 fully saturated rings. The number of benzene rings is 1. The number of pyridine rings is 1. The molecule has 0 radical (unpaired) electrons. The van der Waals surface area contributed by atoms with Gasteiger partial charge in [0.25, 0.3) is 0 Å². The molecule has 5 nitrogen and oxygen atoms in total. The maximum absolute atomic E-state index is 11.1. The Bertz CT molecular complexity index is 982. The van der Waals surface area contributed by atoms with Gasteiger partial charge in [0.2, 0.25) is 0 Å². The summed E-state index contributed by atoms with van der Waals surface area (Å²) in [6.45, 7) is 0. The van der Waals surface area contributed by atoms with Crippen LogP contribution in [0.15, 0.2) is 53.3 Å². The molecule has 102 valence electrons. The highest BCUT2D eigenvalue weighted by atomic mass is 16.3. The predicted molar refractivity (Wildman–Crippen MR) is 80.2 cm³/mol. The monoisotopic (exact) mass is 277 g/mol. The summed E-state index contributed by atoms with van der Waals surface area (Å²) in [6.07, 6.45) is 4.25. The van der Waals surface area contributed by atoms with Gasteiger partial charge in [-0.25, -0.2) is 4.98 Å². The lowest BCUT2D eigenvalue weighted by Gasteiger charge is -2.04. The summed E-state index contributed by atoms with van der Waals surface area (Å²) in [5.41, 5.74) is 9.63. The first-order valence-electron chi connectivity index (χ1n) is 6.46. The van der Waals surface area contributed by atoms with Crippen LogP contribution in [0.2, 0.25) is 0 Å². The zero-order chi connectivity index (χ0) is 14.4. The van der Waals surface area contributed by atoms with Gasteiger partial charge in [-0.05, 0) is 41.5 Å². The van der Waals surface area contributed by atoms with E-state index in [4.69, 9.17) is 10.2 Å². The summed E-state index contributed by atoms with van der Waals surface area (Å²) in [4.78, 5) is 15.3. The molecular formula is C16H11N3O2. The van der Waals surface area contributed by atoms with Crippen molar-refractivity contribution in [1.29, 1.82) is 0 Å². The van der Waals surface area contributed by atoms with Crippen molar-refractivity contribution in [1.82, 2.24) is 9.38 Å². The Morgan fingerprint density at radius 2 is 2.00 bits per heavy atom. The van der Waals surface area contributed by atoms with E-state index in [1.165, 1.54) is 0 Å². The second-order valence-electron chi connectivity index (χ2n) is 4.82. The lowest BCUT2D eigenvalue weighted by Crippen LogP contribution is -1.95. The summed E-state index contributed by atoms with van der Waals surface area (Å²) in [7, 11) is 0. The maximum atomic E-state index is 11.1. The second-order valence-corrected chi connectivity index (χ2v) is 4.82. The Labute approximate surface area is 119 Å². The molecule has 21 heavy (non-hydrogen) atoms. The van der Waals surface area contributed by atoms with Gasteiger partial charge < -0.3 is 10.2 Å². The fourth-order valence-corrected chi connectivity index (χ4v) is 2.52. The summed E-state index contributed by atoms with van der Waals surface area (Å²) in [5.74, 6) is 0.243. The van der Waals surface area contributed by atoms with Crippen LogP contribution < -0.4 is 5.73 Å². The fraction of sp³-hybridized carbons (Fsp3) is 0. The zero-order valence-corrected chi connectivity index (χ0v) is 11.0. The quantitative estimate of drug-likeness (QED) is 0.571. The van der Waals surface area contributed by atoms with Gasteiger partial charge in [-0.3, -0.25) is 9.20 Å². The average Bonchev–Trinajstić information content (AvgIpc) is 3.08. The zero-order valence-electron chi connectivity index (χ0n) is 11.0. The van der Waals surface area contributed by atoms with Gasteiger partial charge in [0.1, 0.15) is 16.9 Å². The Balaban J connectivity index is 1.94. The summed E-state index contributed by atoms with van der Waals surface area (Å²) >= 11 is 0. The molecule has 1 aromatic carbocycles. The van der Waals surface area contributed by atoms with E-state index in [1.54, 1.807) is 10.7 Å². The second kappa shape index (κ2) is 4.21. The number of nitrogens with zero attached hydrogens (tertiary/aromatic N) is 2. The number of aromatic nitrogens is 2. The standard InChI is InChI=1S/C16H11N3O2/c17-16-13(9-20)19-8-12(2-4-15(19)18-16)10-1-3-14-11(7-10)5-6-21-14/h1-9H,17H2. The van der Waals surface area contributed by atoms with Gasteiger partial charge in [0, 0.05) is 11.6 Å². The Morgan fingerprint density at radius 1 is 1.14 bits per heavy atom. The minimum absolute atomic E-state index is 0.243. The van der Waals surface area contributed by atoms with Crippen molar-refractivity contribution < 1.29 is 9.21 Å². The van der Waals surface area contributed by atoms with Crippen molar-refractivity contribution in [3.8, 4) is 11.1 Å².